The third kappa shape index (κ3) is 4.74. The molecule has 0 saturated carbocycles. The summed E-state index contributed by atoms with van der Waals surface area (Å²) >= 11 is 0. The van der Waals surface area contributed by atoms with Crippen LogP contribution in [-0.4, -0.2) is 33.3 Å². The van der Waals surface area contributed by atoms with Crippen molar-refractivity contribution in [2.24, 2.45) is 0 Å². The van der Waals surface area contributed by atoms with Gasteiger partial charge < -0.3 is 9.84 Å². The second kappa shape index (κ2) is 8.03. The van der Waals surface area contributed by atoms with Crippen molar-refractivity contribution >= 4 is 10.0 Å². The maximum absolute atomic E-state index is 12.3. The van der Waals surface area contributed by atoms with Crippen LogP contribution in [0, 0.1) is 11.8 Å². The number of aliphatic hydroxyl groups excluding tert-OH is 1. The second-order valence-corrected chi connectivity index (χ2v) is 6.17. The standard InChI is InChI=1S/C15H21NO4S/c1-4-13(5-2)16-21(18,19)14-8-9-15(20-3)12(11-14)7-6-10-17/h8-9,11,13,16-17H,4-5,10H2,1-3H3. The van der Waals surface area contributed by atoms with Crippen molar-refractivity contribution in [2.75, 3.05) is 13.7 Å². The zero-order valence-corrected chi connectivity index (χ0v) is 13.3. The molecule has 5 nitrogen and oxygen atoms in total. The van der Waals surface area contributed by atoms with Crippen molar-refractivity contribution < 1.29 is 18.3 Å². The molecule has 0 aliphatic heterocycles. The van der Waals surface area contributed by atoms with E-state index in [0.717, 1.165) is 12.8 Å². The lowest BCUT2D eigenvalue weighted by Crippen LogP contribution is -2.33. The van der Waals surface area contributed by atoms with Gasteiger partial charge in [0.05, 0.1) is 17.6 Å². The number of aliphatic hydroxyl groups is 1. The molecule has 1 aromatic rings. The van der Waals surface area contributed by atoms with Crippen LogP contribution in [0.1, 0.15) is 32.3 Å². The Morgan fingerprint density at radius 3 is 2.52 bits per heavy atom. The summed E-state index contributed by atoms with van der Waals surface area (Å²) in [4.78, 5) is 0.137. The fourth-order valence-corrected chi connectivity index (χ4v) is 3.26. The molecule has 0 radical (unpaired) electrons. The van der Waals surface area contributed by atoms with Crippen LogP contribution in [0.3, 0.4) is 0 Å². The fourth-order valence-electron chi connectivity index (χ4n) is 1.83. The number of rotatable bonds is 6. The van der Waals surface area contributed by atoms with E-state index in [1.165, 1.54) is 19.2 Å². The summed E-state index contributed by atoms with van der Waals surface area (Å²) in [7, 11) is -2.11. The molecule has 0 aromatic heterocycles. The minimum Gasteiger partial charge on any atom is -0.495 e. The van der Waals surface area contributed by atoms with Gasteiger partial charge in [0.2, 0.25) is 10.0 Å². The Morgan fingerprint density at radius 2 is 2.00 bits per heavy atom. The molecular weight excluding hydrogens is 290 g/mol. The predicted octanol–water partition coefficient (Wildman–Crippen LogP) is 1.51. The van der Waals surface area contributed by atoms with Gasteiger partial charge >= 0.3 is 0 Å². The first-order valence-electron chi connectivity index (χ1n) is 6.78. The van der Waals surface area contributed by atoms with Crippen LogP contribution in [0.15, 0.2) is 23.1 Å². The van der Waals surface area contributed by atoms with Crippen LogP contribution in [0.5, 0.6) is 5.75 Å². The number of methoxy groups -OCH3 is 1. The van der Waals surface area contributed by atoms with Gasteiger partial charge in [-0.2, -0.15) is 0 Å². The van der Waals surface area contributed by atoms with Crippen LogP contribution < -0.4 is 9.46 Å². The van der Waals surface area contributed by atoms with Crippen molar-refractivity contribution in [3.8, 4) is 17.6 Å². The molecule has 0 spiro atoms. The van der Waals surface area contributed by atoms with E-state index >= 15 is 0 Å². The molecular formula is C15H21NO4S. The first-order chi connectivity index (χ1) is 9.98. The normalized spacial score (nSPS) is 11.1. The third-order valence-corrected chi connectivity index (χ3v) is 4.61. The second-order valence-electron chi connectivity index (χ2n) is 4.46. The van der Waals surface area contributed by atoms with Crippen LogP contribution in [-0.2, 0) is 10.0 Å². The largest absolute Gasteiger partial charge is 0.495 e. The van der Waals surface area contributed by atoms with Crippen molar-refractivity contribution in [1.82, 2.24) is 4.72 Å². The third-order valence-electron chi connectivity index (χ3n) is 3.09. The summed E-state index contributed by atoms with van der Waals surface area (Å²) in [5.74, 6) is 5.65. The number of sulfonamides is 1. The highest BCUT2D eigenvalue weighted by Crippen LogP contribution is 2.22. The monoisotopic (exact) mass is 311 g/mol. The molecule has 1 rings (SSSR count). The lowest BCUT2D eigenvalue weighted by Gasteiger charge is -2.15. The van der Waals surface area contributed by atoms with Gasteiger partial charge in [0.15, 0.2) is 0 Å². The van der Waals surface area contributed by atoms with Crippen molar-refractivity contribution in [3.05, 3.63) is 23.8 Å². The van der Waals surface area contributed by atoms with E-state index in [1.807, 2.05) is 13.8 Å². The molecule has 21 heavy (non-hydrogen) atoms. The number of ether oxygens (including phenoxy) is 1. The quantitative estimate of drug-likeness (QED) is 0.781. The van der Waals surface area contributed by atoms with E-state index in [1.54, 1.807) is 6.07 Å². The molecule has 116 valence electrons. The van der Waals surface area contributed by atoms with E-state index in [-0.39, 0.29) is 17.5 Å². The van der Waals surface area contributed by atoms with E-state index in [2.05, 4.69) is 16.6 Å². The summed E-state index contributed by atoms with van der Waals surface area (Å²) in [5, 5.41) is 8.76. The number of hydrogen-bond acceptors (Lipinski definition) is 4. The number of hydrogen-bond donors (Lipinski definition) is 2. The van der Waals surface area contributed by atoms with Gasteiger partial charge in [0.25, 0.3) is 0 Å². The highest BCUT2D eigenvalue weighted by atomic mass is 32.2. The Kier molecular flexibility index (Phi) is 6.69. The fraction of sp³-hybridized carbons (Fsp3) is 0.467. The molecule has 0 fully saturated rings. The minimum absolute atomic E-state index is 0.0934. The van der Waals surface area contributed by atoms with Crippen LogP contribution in [0.4, 0.5) is 0 Å². The summed E-state index contributed by atoms with van der Waals surface area (Å²) in [6.45, 7) is 3.57. The molecule has 0 unspecified atom stereocenters. The van der Waals surface area contributed by atoms with Gasteiger partial charge in [0.1, 0.15) is 12.4 Å². The lowest BCUT2D eigenvalue weighted by atomic mass is 10.2. The average Bonchev–Trinajstić information content (AvgIpc) is 2.50. The molecule has 2 N–H and O–H groups in total. The molecule has 0 amide bonds. The summed E-state index contributed by atoms with van der Waals surface area (Å²) in [5.41, 5.74) is 0.430. The number of nitrogens with one attached hydrogen (secondary N) is 1. The Bertz CT molecular complexity index is 625. The maximum atomic E-state index is 12.3. The van der Waals surface area contributed by atoms with Gasteiger partial charge in [-0.1, -0.05) is 25.7 Å². The first-order valence-corrected chi connectivity index (χ1v) is 8.26. The van der Waals surface area contributed by atoms with Crippen molar-refractivity contribution in [3.63, 3.8) is 0 Å². The van der Waals surface area contributed by atoms with Gasteiger partial charge in [-0.3, -0.25) is 0 Å². The van der Waals surface area contributed by atoms with Crippen LogP contribution >= 0.6 is 0 Å². The summed E-state index contributed by atoms with van der Waals surface area (Å²) in [6, 6.07) is 4.40. The number of benzene rings is 1. The van der Waals surface area contributed by atoms with E-state index in [9.17, 15) is 8.42 Å². The molecule has 0 aliphatic rings. The zero-order chi connectivity index (χ0) is 15.9. The summed E-state index contributed by atoms with van der Waals surface area (Å²) in [6.07, 6.45) is 1.45. The Labute approximate surface area is 126 Å². The molecule has 0 heterocycles. The Morgan fingerprint density at radius 1 is 1.33 bits per heavy atom. The smallest absolute Gasteiger partial charge is 0.240 e. The molecule has 0 saturated heterocycles. The SMILES string of the molecule is CCC(CC)NS(=O)(=O)c1ccc(OC)c(C#CCO)c1. The Balaban J connectivity index is 3.18. The van der Waals surface area contributed by atoms with Gasteiger partial charge in [-0.05, 0) is 31.0 Å². The summed E-state index contributed by atoms with van der Waals surface area (Å²) < 4.78 is 32.5. The average molecular weight is 311 g/mol. The molecule has 6 heteroatoms. The highest BCUT2D eigenvalue weighted by Gasteiger charge is 2.19. The topological polar surface area (TPSA) is 75.6 Å². The molecule has 0 aliphatic carbocycles. The van der Waals surface area contributed by atoms with Crippen LogP contribution in [0.25, 0.3) is 0 Å². The Hall–Kier alpha value is -1.55. The van der Waals surface area contributed by atoms with Crippen LogP contribution in [0.2, 0.25) is 0 Å². The maximum Gasteiger partial charge on any atom is 0.240 e. The van der Waals surface area contributed by atoms with E-state index in [4.69, 9.17) is 9.84 Å². The highest BCUT2D eigenvalue weighted by molar-refractivity contribution is 7.89. The van der Waals surface area contributed by atoms with Gasteiger partial charge in [0, 0.05) is 6.04 Å². The molecule has 0 atom stereocenters. The minimum atomic E-state index is -3.59. The molecule has 1 aromatic carbocycles. The predicted molar refractivity (Wildman–Crippen MR) is 81.6 cm³/mol. The van der Waals surface area contributed by atoms with Crippen molar-refractivity contribution in [2.45, 2.75) is 37.6 Å². The lowest BCUT2D eigenvalue weighted by molar-refractivity contribution is 0.350. The van der Waals surface area contributed by atoms with Gasteiger partial charge in [-0.15, -0.1) is 0 Å². The zero-order valence-electron chi connectivity index (χ0n) is 12.5. The van der Waals surface area contributed by atoms with Gasteiger partial charge in [-0.25, -0.2) is 13.1 Å². The first kappa shape index (κ1) is 17.5. The van der Waals surface area contributed by atoms with E-state index in [0.29, 0.717) is 11.3 Å². The van der Waals surface area contributed by atoms with Crippen molar-refractivity contribution in [1.29, 1.82) is 0 Å². The molecule has 0 bridgehead atoms. The van der Waals surface area contributed by atoms with E-state index < -0.39 is 10.0 Å².